The van der Waals surface area contributed by atoms with Crippen molar-refractivity contribution < 1.29 is 23.8 Å². The summed E-state index contributed by atoms with van der Waals surface area (Å²) in [5.74, 6) is -0.188. The van der Waals surface area contributed by atoms with Crippen molar-refractivity contribution >= 4 is 17.4 Å². The molecular formula is C20H21FN4O4. The van der Waals surface area contributed by atoms with E-state index in [-0.39, 0.29) is 23.1 Å². The molecule has 0 spiro atoms. The average molecular weight is 400 g/mol. The zero-order chi connectivity index (χ0) is 20.4. The maximum absolute atomic E-state index is 14.0. The van der Waals surface area contributed by atoms with Crippen LogP contribution in [0.15, 0.2) is 36.7 Å². The lowest BCUT2D eigenvalue weighted by molar-refractivity contribution is 0.0698. The Morgan fingerprint density at radius 2 is 2.21 bits per heavy atom. The van der Waals surface area contributed by atoms with Crippen LogP contribution in [0, 0.1) is 5.82 Å². The van der Waals surface area contributed by atoms with Gasteiger partial charge >= 0.3 is 5.97 Å². The lowest BCUT2D eigenvalue weighted by Crippen LogP contribution is -2.24. The summed E-state index contributed by atoms with van der Waals surface area (Å²) in [6, 6.07) is 6.15. The highest BCUT2D eigenvalue weighted by molar-refractivity contribution is 5.94. The SMILES string of the molecule is COCCOc1ccc(F)cc1C1CCCN1c1ccn2ncc(C(=O)O)c2n1. The van der Waals surface area contributed by atoms with Gasteiger partial charge < -0.3 is 19.5 Å². The van der Waals surface area contributed by atoms with E-state index in [0.717, 1.165) is 24.9 Å². The molecule has 2 aromatic heterocycles. The number of benzene rings is 1. The Hall–Kier alpha value is -3.20. The van der Waals surface area contributed by atoms with Gasteiger partial charge in [-0.3, -0.25) is 0 Å². The smallest absolute Gasteiger partial charge is 0.341 e. The summed E-state index contributed by atoms with van der Waals surface area (Å²) in [5.41, 5.74) is 1.06. The molecule has 4 rings (SSSR count). The van der Waals surface area contributed by atoms with E-state index in [9.17, 15) is 14.3 Å². The number of halogens is 1. The van der Waals surface area contributed by atoms with Gasteiger partial charge in [0.2, 0.25) is 0 Å². The molecule has 29 heavy (non-hydrogen) atoms. The van der Waals surface area contributed by atoms with E-state index in [1.807, 2.05) is 0 Å². The van der Waals surface area contributed by atoms with Crippen molar-refractivity contribution in [2.24, 2.45) is 0 Å². The first-order valence-electron chi connectivity index (χ1n) is 9.34. The van der Waals surface area contributed by atoms with E-state index < -0.39 is 5.97 Å². The number of hydrogen-bond donors (Lipinski definition) is 1. The molecule has 8 nitrogen and oxygen atoms in total. The van der Waals surface area contributed by atoms with Crippen LogP contribution in [0.2, 0.25) is 0 Å². The third kappa shape index (κ3) is 3.73. The molecule has 1 saturated heterocycles. The van der Waals surface area contributed by atoms with Crippen LogP contribution in [0.25, 0.3) is 5.65 Å². The molecule has 1 fully saturated rings. The molecule has 1 N–H and O–H groups in total. The van der Waals surface area contributed by atoms with Crippen molar-refractivity contribution in [2.45, 2.75) is 18.9 Å². The minimum atomic E-state index is -1.08. The Balaban J connectivity index is 1.70. The maximum Gasteiger partial charge on any atom is 0.341 e. The lowest BCUT2D eigenvalue weighted by atomic mass is 10.0. The quantitative estimate of drug-likeness (QED) is 0.610. The van der Waals surface area contributed by atoms with Gasteiger partial charge in [0.15, 0.2) is 5.65 Å². The summed E-state index contributed by atoms with van der Waals surface area (Å²) in [6.45, 7) is 1.52. The van der Waals surface area contributed by atoms with Gasteiger partial charge in [-0.05, 0) is 37.1 Å². The van der Waals surface area contributed by atoms with Gasteiger partial charge in [0, 0.05) is 25.4 Å². The summed E-state index contributed by atoms with van der Waals surface area (Å²) in [7, 11) is 1.59. The molecule has 152 valence electrons. The number of rotatable bonds is 7. The van der Waals surface area contributed by atoms with Crippen LogP contribution < -0.4 is 9.64 Å². The molecule has 3 aromatic rings. The molecule has 0 bridgehead atoms. The summed E-state index contributed by atoms with van der Waals surface area (Å²) in [6.07, 6.45) is 4.67. The predicted molar refractivity (Wildman–Crippen MR) is 103 cm³/mol. The largest absolute Gasteiger partial charge is 0.491 e. The van der Waals surface area contributed by atoms with E-state index in [1.165, 1.54) is 22.8 Å². The normalized spacial score (nSPS) is 16.5. The fourth-order valence-electron chi connectivity index (χ4n) is 3.68. The van der Waals surface area contributed by atoms with Crippen LogP contribution in [-0.2, 0) is 4.74 Å². The number of carboxylic acids is 1. The second kappa shape index (κ2) is 8.04. The summed E-state index contributed by atoms with van der Waals surface area (Å²) in [5, 5.41) is 13.4. The van der Waals surface area contributed by atoms with Crippen LogP contribution in [0.1, 0.15) is 34.8 Å². The minimum absolute atomic E-state index is 0.0388. The zero-order valence-electron chi connectivity index (χ0n) is 15.9. The second-order valence-corrected chi connectivity index (χ2v) is 6.79. The Kier molecular flexibility index (Phi) is 5.30. The van der Waals surface area contributed by atoms with Crippen molar-refractivity contribution in [3.8, 4) is 5.75 Å². The first-order valence-corrected chi connectivity index (χ1v) is 9.34. The molecular weight excluding hydrogens is 379 g/mol. The molecule has 0 saturated carbocycles. The van der Waals surface area contributed by atoms with Gasteiger partial charge in [-0.25, -0.2) is 18.7 Å². The van der Waals surface area contributed by atoms with Crippen LogP contribution >= 0.6 is 0 Å². The maximum atomic E-state index is 14.0. The van der Waals surface area contributed by atoms with Crippen molar-refractivity contribution in [2.75, 3.05) is 31.8 Å². The molecule has 0 radical (unpaired) electrons. The number of aromatic carboxylic acids is 1. The zero-order valence-corrected chi connectivity index (χ0v) is 15.9. The van der Waals surface area contributed by atoms with Gasteiger partial charge in [0.1, 0.15) is 29.6 Å². The second-order valence-electron chi connectivity index (χ2n) is 6.79. The van der Waals surface area contributed by atoms with Gasteiger partial charge in [0.25, 0.3) is 0 Å². The number of carboxylic acid groups (broad SMARTS) is 1. The summed E-state index contributed by atoms with van der Waals surface area (Å²) in [4.78, 5) is 18.0. The average Bonchev–Trinajstić information content (AvgIpc) is 3.35. The third-order valence-electron chi connectivity index (χ3n) is 5.01. The highest BCUT2D eigenvalue weighted by Crippen LogP contribution is 2.39. The van der Waals surface area contributed by atoms with E-state index in [1.54, 1.807) is 25.4 Å². The van der Waals surface area contributed by atoms with Crippen LogP contribution in [0.5, 0.6) is 5.75 Å². The highest BCUT2D eigenvalue weighted by atomic mass is 19.1. The first-order chi connectivity index (χ1) is 14.1. The van der Waals surface area contributed by atoms with Crippen molar-refractivity contribution in [3.63, 3.8) is 0 Å². The Bertz CT molecular complexity index is 1040. The van der Waals surface area contributed by atoms with Crippen LogP contribution in [0.3, 0.4) is 0 Å². The molecule has 1 aromatic carbocycles. The van der Waals surface area contributed by atoms with Crippen molar-refractivity contribution in [1.29, 1.82) is 0 Å². The molecule has 3 heterocycles. The molecule has 1 unspecified atom stereocenters. The third-order valence-corrected chi connectivity index (χ3v) is 5.01. The van der Waals surface area contributed by atoms with Crippen molar-refractivity contribution in [3.05, 3.63) is 53.6 Å². The molecule has 1 atom stereocenters. The Morgan fingerprint density at radius 3 is 3.00 bits per heavy atom. The number of aromatic nitrogens is 3. The van der Waals surface area contributed by atoms with Gasteiger partial charge in [-0.15, -0.1) is 0 Å². The van der Waals surface area contributed by atoms with E-state index >= 15 is 0 Å². The molecule has 1 aliphatic heterocycles. The predicted octanol–water partition coefficient (Wildman–Crippen LogP) is 2.93. The highest BCUT2D eigenvalue weighted by Gasteiger charge is 2.30. The number of nitrogens with zero attached hydrogens (tertiary/aromatic N) is 4. The molecule has 0 aliphatic carbocycles. The number of ether oxygens (including phenoxy) is 2. The van der Waals surface area contributed by atoms with Crippen molar-refractivity contribution in [1.82, 2.24) is 14.6 Å². The fraction of sp³-hybridized carbons (Fsp3) is 0.350. The number of carbonyl (C=O) groups is 1. The monoisotopic (exact) mass is 400 g/mol. The van der Waals surface area contributed by atoms with Crippen LogP contribution in [-0.4, -0.2) is 52.5 Å². The van der Waals surface area contributed by atoms with Crippen LogP contribution in [0.4, 0.5) is 10.2 Å². The molecule has 0 amide bonds. The number of methoxy groups -OCH3 is 1. The minimum Gasteiger partial charge on any atom is -0.491 e. The lowest BCUT2D eigenvalue weighted by Gasteiger charge is -2.27. The molecule has 1 aliphatic rings. The topological polar surface area (TPSA) is 89.2 Å². The van der Waals surface area contributed by atoms with Gasteiger partial charge in [-0.1, -0.05) is 0 Å². The number of hydrogen-bond acceptors (Lipinski definition) is 6. The summed E-state index contributed by atoms with van der Waals surface area (Å²) >= 11 is 0. The van der Waals surface area contributed by atoms with E-state index in [2.05, 4.69) is 15.0 Å². The first kappa shape index (κ1) is 19.1. The van der Waals surface area contributed by atoms with E-state index in [0.29, 0.717) is 24.8 Å². The Labute approximate surface area is 166 Å². The standard InChI is InChI=1S/C20H21FN4O4/c1-28-9-10-29-17-5-4-13(21)11-14(17)16-3-2-7-24(16)18-6-8-25-19(23-18)15(12-22-25)20(26)27/h4-6,8,11-12,16H,2-3,7,9-10H2,1H3,(H,26,27). The number of anilines is 1. The molecule has 9 heteroatoms. The van der Waals surface area contributed by atoms with Gasteiger partial charge in [-0.2, -0.15) is 5.10 Å². The van der Waals surface area contributed by atoms with Gasteiger partial charge in [0.05, 0.1) is 18.8 Å². The fourth-order valence-corrected chi connectivity index (χ4v) is 3.68. The van der Waals surface area contributed by atoms with E-state index in [4.69, 9.17) is 9.47 Å². The summed E-state index contributed by atoms with van der Waals surface area (Å²) < 4.78 is 26.3. The Morgan fingerprint density at radius 1 is 1.34 bits per heavy atom. The number of fused-ring (bicyclic) bond motifs is 1.